The summed E-state index contributed by atoms with van der Waals surface area (Å²) in [6.07, 6.45) is 0.0171. The maximum absolute atomic E-state index is 11.5. The molecule has 0 unspecified atom stereocenters. The molecule has 0 radical (unpaired) electrons. The van der Waals surface area contributed by atoms with E-state index < -0.39 is 0 Å². The van der Waals surface area contributed by atoms with Gasteiger partial charge in [0.2, 0.25) is 5.91 Å². The van der Waals surface area contributed by atoms with Crippen LogP contribution in [0.25, 0.3) is 0 Å². The van der Waals surface area contributed by atoms with Crippen LogP contribution in [0.15, 0.2) is 5.16 Å². The van der Waals surface area contributed by atoms with Crippen LogP contribution in [0.1, 0.15) is 13.3 Å². The molecule has 0 aromatic carbocycles. The average Bonchev–Trinajstić information content (AvgIpc) is 2.17. The van der Waals surface area contributed by atoms with E-state index in [0.717, 1.165) is 0 Å². The number of hydrogen-bond acceptors (Lipinski definition) is 4. The highest BCUT2D eigenvalue weighted by Crippen LogP contribution is 2.05. The first-order chi connectivity index (χ1) is 6.63. The maximum Gasteiger partial charge on any atom is 0.230 e. The van der Waals surface area contributed by atoms with Crippen molar-refractivity contribution >= 4 is 11.7 Å². The molecule has 1 saturated heterocycles. The summed E-state index contributed by atoms with van der Waals surface area (Å²) in [5, 5.41) is 11.1. The van der Waals surface area contributed by atoms with Crippen LogP contribution in [0.3, 0.4) is 0 Å². The van der Waals surface area contributed by atoms with Gasteiger partial charge in [-0.3, -0.25) is 4.79 Å². The minimum atomic E-state index is -0.129. The molecule has 0 bridgehead atoms. The molecule has 0 saturated carbocycles. The van der Waals surface area contributed by atoms with Crippen molar-refractivity contribution in [2.24, 2.45) is 10.9 Å². The summed E-state index contributed by atoms with van der Waals surface area (Å²) in [5.74, 6) is -0.190. The van der Waals surface area contributed by atoms with Crippen molar-refractivity contribution < 1.29 is 14.7 Å². The number of morpholine rings is 1. The Morgan fingerprint density at radius 1 is 1.79 bits per heavy atom. The number of hydrogen-bond donors (Lipinski definition) is 2. The predicted molar refractivity (Wildman–Crippen MR) is 50.0 cm³/mol. The van der Waals surface area contributed by atoms with E-state index in [9.17, 15) is 4.79 Å². The van der Waals surface area contributed by atoms with Gasteiger partial charge in [0, 0.05) is 13.1 Å². The normalized spacial score (nSPS) is 23.6. The van der Waals surface area contributed by atoms with Gasteiger partial charge in [0.15, 0.2) is 0 Å². The molecule has 1 amide bonds. The first-order valence-corrected chi connectivity index (χ1v) is 4.49. The molecule has 1 aliphatic rings. The first-order valence-electron chi connectivity index (χ1n) is 4.49. The van der Waals surface area contributed by atoms with Crippen molar-refractivity contribution in [3.63, 3.8) is 0 Å². The summed E-state index contributed by atoms with van der Waals surface area (Å²) >= 11 is 0. The van der Waals surface area contributed by atoms with Crippen LogP contribution in [0, 0.1) is 0 Å². The van der Waals surface area contributed by atoms with Gasteiger partial charge in [-0.15, -0.1) is 0 Å². The number of carbonyl (C=O) groups is 1. The SMILES string of the molecule is C[C@H]1CN(C(=O)C/C(N)=N\O)CCO1. The molecule has 1 fully saturated rings. The zero-order valence-corrected chi connectivity index (χ0v) is 8.14. The highest BCUT2D eigenvalue weighted by molar-refractivity contribution is 5.98. The van der Waals surface area contributed by atoms with Crippen LogP contribution in [0.5, 0.6) is 0 Å². The predicted octanol–water partition coefficient (Wildman–Crippen LogP) is -0.630. The van der Waals surface area contributed by atoms with Gasteiger partial charge >= 0.3 is 0 Å². The van der Waals surface area contributed by atoms with E-state index in [1.165, 1.54) is 0 Å². The Balaban J connectivity index is 2.44. The van der Waals surface area contributed by atoms with Gasteiger partial charge in [-0.2, -0.15) is 0 Å². The molecule has 0 aromatic rings. The Morgan fingerprint density at radius 2 is 2.50 bits per heavy atom. The minimum Gasteiger partial charge on any atom is -0.409 e. The number of oxime groups is 1. The van der Waals surface area contributed by atoms with Crippen LogP contribution in [0.2, 0.25) is 0 Å². The maximum atomic E-state index is 11.5. The molecular weight excluding hydrogens is 186 g/mol. The zero-order chi connectivity index (χ0) is 10.6. The third-order valence-electron chi connectivity index (χ3n) is 2.05. The Labute approximate surface area is 82.3 Å². The highest BCUT2D eigenvalue weighted by Gasteiger charge is 2.21. The third-order valence-corrected chi connectivity index (χ3v) is 2.05. The standard InChI is InChI=1S/C8H15N3O3/c1-6-5-11(2-3-14-6)8(12)4-7(9)10-13/h6,13H,2-5H2,1H3,(H2,9,10)/t6-/m0/s1. The minimum absolute atomic E-state index is 0.0385. The van der Waals surface area contributed by atoms with E-state index >= 15 is 0 Å². The topological polar surface area (TPSA) is 88.2 Å². The van der Waals surface area contributed by atoms with E-state index in [-0.39, 0.29) is 24.3 Å². The Morgan fingerprint density at radius 3 is 3.07 bits per heavy atom. The second-order valence-electron chi connectivity index (χ2n) is 3.29. The fourth-order valence-electron chi connectivity index (χ4n) is 1.35. The lowest BCUT2D eigenvalue weighted by atomic mass is 10.2. The van der Waals surface area contributed by atoms with Gasteiger partial charge in [-0.1, -0.05) is 5.16 Å². The lowest BCUT2D eigenvalue weighted by Crippen LogP contribution is -2.45. The van der Waals surface area contributed by atoms with Crippen molar-refractivity contribution in [1.82, 2.24) is 4.90 Å². The van der Waals surface area contributed by atoms with Crippen molar-refractivity contribution in [3.05, 3.63) is 0 Å². The number of amidine groups is 1. The van der Waals surface area contributed by atoms with Gasteiger partial charge in [0.05, 0.1) is 19.1 Å². The third kappa shape index (κ3) is 2.88. The molecule has 1 heterocycles. The molecule has 1 aliphatic heterocycles. The van der Waals surface area contributed by atoms with E-state index in [1.807, 2.05) is 6.92 Å². The van der Waals surface area contributed by atoms with Crippen LogP contribution in [0.4, 0.5) is 0 Å². The van der Waals surface area contributed by atoms with Crippen LogP contribution >= 0.6 is 0 Å². The van der Waals surface area contributed by atoms with E-state index in [0.29, 0.717) is 19.7 Å². The second kappa shape index (κ2) is 4.80. The zero-order valence-electron chi connectivity index (χ0n) is 8.14. The molecule has 0 aromatic heterocycles. The number of amides is 1. The lowest BCUT2D eigenvalue weighted by molar-refractivity contribution is -0.136. The van der Waals surface area contributed by atoms with Gasteiger partial charge in [0.25, 0.3) is 0 Å². The fraction of sp³-hybridized carbons (Fsp3) is 0.750. The van der Waals surface area contributed by atoms with E-state index in [1.54, 1.807) is 4.90 Å². The lowest BCUT2D eigenvalue weighted by Gasteiger charge is -2.31. The molecule has 1 rings (SSSR count). The second-order valence-corrected chi connectivity index (χ2v) is 3.29. The van der Waals surface area contributed by atoms with Crippen LogP contribution in [-0.2, 0) is 9.53 Å². The van der Waals surface area contributed by atoms with Crippen LogP contribution in [-0.4, -0.2) is 47.7 Å². The average molecular weight is 201 g/mol. The smallest absolute Gasteiger partial charge is 0.230 e. The van der Waals surface area contributed by atoms with Gasteiger partial charge in [0.1, 0.15) is 5.84 Å². The van der Waals surface area contributed by atoms with Crippen molar-refractivity contribution in [1.29, 1.82) is 0 Å². The summed E-state index contributed by atoms with van der Waals surface area (Å²) in [6, 6.07) is 0. The van der Waals surface area contributed by atoms with E-state index in [4.69, 9.17) is 15.7 Å². The van der Waals surface area contributed by atoms with Gasteiger partial charge < -0.3 is 20.6 Å². The molecule has 3 N–H and O–H groups in total. The number of carbonyl (C=O) groups excluding carboxylic acids is 1. The largest absolute Gasteiger partial charge is 0.409 e. The summed E-state index contributed by atoms with van der Waals surface area (Å²) in [7, 11) is 0. The first kappa shape index (κ1) is 10.8. The molecule has 0 aliphatic carbocycles. The Kier molecular flexibility index (Phi) is 3.70. The van der Waals surface area contributed by atoms with Crippen molar-refractivity contribution in [2.45, 2.75) is 19.4 Å². The quantitative estimate of drug-likeness (QED) is 0.269. The number of nitrogens with zero attached hydrogens (tertiary/aromatic N) is 2. The van der Waals surface area contributed by atoms with Crippen molar-refractivity contribution in [3.8, 4) is 0 Å². The fourth-order valence-corrected chi connectivity index (χ4v) is 1.35. The molecule has 6 nitrogen and oxygen atoms in total. The number of nitrogens with two attached hydrogens (primary N) is 1. The summed E-state index contributed by atoms with van der Waals surface area (Å²) < 4.78 is 5.28. The summed E-state index contributed by atoms with van der Waals surface area (Å²) in [4.78, 5) is 13.2. The Hall–Kier alpha value is -1.30. The number of ether oxygens (including phenoxy) is 1. The van der Waals surface area contributed by atoms with Crippen molar-refractivity contribution in [2.75, 3.05) is 19.7 Å². The van der Waals surface area contributed by atoms with E-state index in [2.05, 4.69) is 5.16 Å². The molecule has 6 heteroatoms. The molecular formula is C8H15N3O3. The molecule has 1 atom stereocenters. The molecule has 0 spiro atoms. The highest BCUT2D eigenvalue weighted by atomic mass is 16.5. The van der Waals surface area contributed by atoms with Gasteiger partial charge in [-0.25, -0.2) is 0 Å². The number of rotatable bonds is 2. The summed E-state index contributed by atoms with van der Waals surface area (Å²) in [6.45, 7) is 3.59. The van der Waals surface area contributed by atoms with Gasteiger partial charge in [-0.05, 0) is 6.92 Å². The molecule has 80 valence electrons. The summed E-state index contributed by atoms with van der Waals surface area (Å²) in [5.41, 5.74) is 5.24. The molecule has 14 heavy (non-hydrogen) atoms. The Bertz CT molecular complexity index is 242. The van der Waals surface area contributed by atoms with Crippen LogP contribution < -0.4 is 5.73 Å². The monoisotopic (exact) mass is 201 g/mol.